The molecule has 22 heavy (non-hydrogen) atoms. The predicted octanol–water partition coefficient (Wildman–Crippen LogP) is 3.05. The van der Waals surface area contributed by atoms with E-state index in [1.54, 1.807) is 12.3 Å². The van der Waals surface area contributed by atoms with Crippen molar-refractivity contribution in [1.82, 2.24) is 14.7 Å². The van der Waals surface area contributed by atoms with Crippen LogP contribution in [0.3, 0.4) is 0 Å². The molecule has 0 aliphatic rings. The molecule has 0 saturated carbocycles. The SMILES string of the molecule is C/C(=C\C(=O)NCc1ncc2ccccn12)c1ccccc1. The first-order chi connectivity index (χ1) is 10.7. The van der Waals surface area contributed by atoms with Crippen LogP contribution in [-0.2, 0) is 11.3 Å². The van der Waals surface area contributed by atoms with Crippen molar-refractivity contribution in [3.8, 4) is 0 Å². The third kappa shape index (κ3) is 3.06. The summed E-state index contributed by atoms with van der Waals surface area (Å²) in [5.74, 6) is 0.698. The average molecular weight is 291 g/mol. The molecule has 0 spiro atoms. The van der Waals surface area contributed by atoms with Crippen LogP contribution in [0.2, 0.25) is 0 Å². The molecule has 0 radical (unpaired) electrons. The number of pyridine rings is 1. The number of carbonyl (C=O) groups excluding carboxylic acids is 1. The topological polar surface area (TPSA) is 46.4 Å². The van der Waals surface area contributed by atoms with E-state index in [2.05, 4.69) is 10.3 Å². The van der Waals surface area contributed by atoms with E-state index in [0.717, 1.165) is 22.5 Å². The van der Waals surface area contributed by atoms with Crippen LogP contribution in [-0.4, -0.2) is 15.3 Å². The maximum Gasteiger partial charge on any atom is 0.244 e. The molecule has 2 heterocycles. The summed E-state index contributed by atoms with van der Waals surface area (Å²) in [6.07, 6.45) is 5.35. The maximum absolute atomic E-state index is 12.0. The molecule has 110 valence electrons. The van der Waals surface area contributed by atoms with E-state index < -0.39 is 0 Å². The van der Waals surface area contributed by atoms with E-state index in [4.69, 9.17) is 0 Å². The average Bonchev–Trinajstić information content (AvgIpc) is 2.97. The second kappa shape index (κ2) is 6.26. The largest absolute Gasteiger partial charge is 0.345 e. The zero-order valence-electron chi connectivity index (χ0n) is 12.4. The van der Waals surface area contributed by atoms with Crippen LogP contribution in [0.1, 0.15) is 18.3 Å². The number of amides is 1. The fourth-order valence-corrected chi connectivity index (χ4v) is 2.33. The standard InChI is InChI=1S/C18H17N3O/c1-14(15-7-3-2-4-8-15)11-18(22)20-13-17-19-12-16-9-5-6-10-21(16)17/h2-12H,13H2,1H3,(H,20,22)/b14-11+. The number of hydrogen-bond donors (Lipinski definition) is 1. The van der Waals surface area contributed by atoms with Crippen molar-refractivity contribution < 1.29 is 4.79 Å². The molecule has 0 saturated heterocycles. The van der Waals surface area contributed by atoms with Crippen LogP contribution in [0, 0.1) is 0 Å². The van der Waals surface area contributed by atoms with Gasteiger partial charge in [0.05, 0.1) is 18.3 Å². The van der Waals surface area contributed by atoms with Crippen LogP contribution in [0.5, 0.6) is 0 Å². The van der Waals surface area contributed by atoms with E-state index in [0.29, 0.717) is 6.54 Å². The van der Waals surface area contributed by atoms with Crippen molar-refractivity contribution >= 4 is 17.0 Å². The van der Waals surface area contributed by atoms with Gasteiger partial charge < -0.3 is 9.72 Å². The number of hydrogen-bond acceptors (Lipinski definition) is 2. The first kappa shape index (κ1) is 14.1. The van der Waals surface area contributed by atoms with E-state index in [9.17, 15) is 4.79 Å². The van der Waals surface area contributed by atoms with Gasteiger partial charge in [0.15, 0.2) is 0 Å². The molecule has 0 aliphatic carbocycles. The molecule has 0 fully saturated rings. The lowest BCUT2D eigenvalue weighted by atomic mass is 10.1. The molecular weight excluding hydrogens is 274 g/mol. The highest BCUT2D eigenvalue weighted by atomic mass is 16.1. The van der Waals surface area contributed by atoms with Gasteiger partial charge >= 0.3 is 0 Å². The first-order valence-electron chi connectivity index (χ1n) is 7.16. The van der Waals surface area contributed by atoms with E-state index in [1.807, 2.05) is 66.1 Å². The first-order valence-corrected chi connectivity index (χ1v) is 7.16. The molecule has 1 amide bonds. The Bertz CT molecular complexity index is 818. The van der Waals surface area contributed by atoms with Gasteiger partial charge in [0.2, 0.25) is 5.91 Å². The van der Waals surface area contributed by atoms with Crippen LogP contribution in [0.25, 0.3) is 11.1 Å². The minimum absolute atomic E-state index is 0.117. The number of imidazole rings is 1. The van der Waals surface area contributed by atoms with Crippen LogP contribution in [0.15, 0.2) is 67.0 Å². The highest BCUT2D eigenvalue weighted by Crippen LogP contribution is 2.12. The highest BCUT2D eigenvalue weighted by molar-refractivity contribution is 5.94. The highest BCUT2D eigenvalue weighted by Gasteiger charge is 2.05. The molecule has 4 nitrogen and oxygen atoms in total. The Morgan fingerprint density at radius 3 is 2.77 bits per heavy atom. The lowest BCUT2D eigenvalue weighted by Gasteiger charge is -2.04. The predicted molar refractivity (Wildman–Crippen MR) is 87.1 cm³/mol. The second-order valence-electron chi connectivity index (χ2n) is 5.08. The second-order valence-corrected chi connectivity index (χ2v) is 5.08. The minimum atomic E-state index is -0.117. The Labute approximate surface area is 129 Å². The van der Waals surface area contributed by atoms with Crippen molar-refractivity contribution in [2.24, 2.45) is 0 Å². The van der Waals surface area contributed by atoms with Gasteiger partial charge in [-0.25, -0.2) is 4.98 Å². The van der Waals surface area contributed by atoms with E-state index in [-0.39, 0.29) is 5.91 Å². The fraction of sp³-hybridized carbons (Fsp3) is 0.111. The zero-order valence-corrected chi connectivity index (χ0v) is 12.4. The molecule has 1 N–H and O–H groups in total. The normalized spacial score (nSPS) is 11.6. The van der Waals surface area contributed by atoms with Crippen LogP contribution >= 0.6 is 0 Å². The number of aromatic nitrogens is 2. The lowest BCUT2D eigenvalue weighted by molar-refractivity contribution is -0.116. The quantitative estimate of drug-likeness (QED) is 0.751. The number of rotatable bonds is 4. The number of allylic oxidation sites excluding steroid dienone is 1. The summed E-state index contributed by atoms with van der Waals surface area (Å²) < 4.78 is 1.97. The van der Waals surface area contributed by atoms with Gasteiger partial charge in [0, 0.05) is 12.3 Å². The van der Waals surface area contributed by atoms with Crippen LogP contribution < -0.4 is 5.32 Å². The number of fused-ring (bicyclic) bond motifs is 1. The molecule has 3 rings (SSSR count). The molecule has 0 unspecified atom stereocenters. The van der Waals surface area contributed by atoms with Gasteiger partial charge in [-0.3, -0.25) is 4.79 Å². The molecule has 0 bridgehead atoms. The Hall–Kier alpha value is -2.88. The number of carbonyl (C=O) groups is 1. The van der Waals surface area contributed by atoms with E-state index >= 15 is 0 Å². The number of benzene rings is 1. The zero-order chi connectivity index (χ0) is 15.4. The van der Waals surface area contributed by atoms with Crippen molar-refractivity contribution in [2.75, 3.05) is 0 Å². The molecule has 3 aromatic rings. The van der Waals surface area contributed by atoms with Crippen LogP contribution in [0.4, 0.5) is 0 Å². The molecule has 4 heteroatoms. The Balaban J connectivity index is 1.68. The van der Waals surface area contributed by atoms with Gasteiger partial charge in [-0.15, -0.1) is 0 Å². The molecule has 0 atom stereocenters. The Morgan fingerprint density at radius 2 is 1.95 bits per heavy atom. The third-order valence-corrected chi connectivity index (χ3v) is 3.51. The fourth-order valence-electron chi connectivity index (χ4n) is 2.33. The number of nitrogens with zero attached hydrogens (tertiary/aromatic N) is 2. The summed E-state index contributed by atoms with van der Waals surface area (Å²) in [6, 6.07) is 15.7. The maximum atomic E-state index is 12.0. The van der Waals surface area contributed by atoms with Crippen molar-refractivity contribution in [2.45, 2.75) is 13.5 Å². The van der Waals surface area contributed by atoms with Crippen molar-refractivity contribution in [1.29, 1.82) is 0 Å². The summed E-state index contributed by atoms with van der Waals surface area (Å²) in [7, 11) is 0. The summed E-state index contributed by atoms with van der Waals surface area (Å²) in [5.41, 5.74) is 3.00. The summed E-state index contributed by atoms with van der Waals surface area (Å²) in [5, 5.41) is 2.88. The molecule has 2 aromatic heterocycles. The minimum Gasteiger partial charge on any atom is -0.345 e. The molecule has 1 aromatic carbocycles. The Morgan fingerprint density at radius 1 is 1.18 bits per heavy atom. The lowest BCUT2D eigenvalue weighted by Crippen LogP contribution is -2.22. The summed E-state index contributed by atoms with van der Waals surface area (Å²) in [6.45, 7) is 2.33. The summed E-state index contributed by atoms with van der Waals surface area (Å²) >= 11 is 0. The Kier molecular flexibility index (Phi) is 4.01. The van der Waals surface area contributed by atoms with Gasteiger partial charge in [0.1, 0.15) is 5.82 Å². The monoisotopic (exact) mass is 291 g/mol. The van der Waals surface area contributed by atoms with Gasteiger partial charge in [0.25, 0.3) is 0 Å². The van der Waals surface area contributed by atoms with E-state index in [1.165, 1.54) is 0 Å². The van der Waals surface area contributed by atoms with Gasteiger partial charge in [-0.1, -0.05) is 36.4 Å². The smallest absolute Gasteiger partial charge is 0.244 e. The third-order valence-electron chi connectivity index (χ3n) is 3.51. The molecular formula is C18H17N3O. The molecule has 0 aliphatic heterocycles. The van der Waals surface area contributed by atoms with Gasteiger partial charge in [-0.2, -0.15) is 0 Å². The summed E-state index contributed by atoms with van der Waals surface area (Å²) in [4.78, 5) is 16.4. The number of nitrogens with one attached hydrogen (secondary N) is 1. The van der Waals surface area contributed by atoms with Crippen molar-refractivity contribution in [3.05, 3.63) is 78.4 Å². The van der Waals surface area contributed by atoms with Gasteiger partial charge in [-0.05, 0) is 30.2 Å². The van der Waals surface area contributed by atoms with Crippen molar-refractivity contribution in [3.63, 3.8) is 0 Å².